The number of anilines is 1. The number of thiophene rings is 1. The van der Waals surface area contributed by atoms with Gasteiger partial charge in [0.2, 0.25) is 0 Å². The number of sulfone groups is 1. The van der Waals surface area contributed by atoms with Gasteiger partial charge in [0.25, 0.3) is 11.8 Å². The SMILES string of the molecule is COC(=O)NC(=O)c1c(NC(=O)c2ccc(S(=O)(=O)C(C)C)cc2)sc2c1CCCC2. The number of imide groups is 1. The minimum absolute atomic E-state index is 0.142. The van der Waals surface area contributed by atoms with Crippen molar-refractivity contribution in [3.05, 3.63) is 45.8 Å². The minimum Gasteiger partial charge on any atom is -0.453 e. The van der Waals surface area contributed by atoms with E-state index < -0.39 is 33.0 Å². The standard InChI is InChI=1S/C21H24N2O6S2/c1-12(2)31(27,28)14-10-8-13(9-11-14)18(24)22-20-17(19(25)23-21(26)29-3)15-6-4-5-7-16(15)30-20/h8-12H,4-7H2,1-3H3,(H,22,24)(H,23,25,26). The summed E-state index contributed by atoms with van der Waals surface area (Å²) in [6.45, 7) is 3.19. The average molecular weight is 465 g/mol. The first-order chi connectivity index (χ1) is 14.6. The lowest BCUT2D eigenvalue weighted by molar-refractivity contribution is 0.0937. The fraction of sp³-hybridized carbons (Fsp3) is 0.381. The third kappa shape index (κ3) is 4.80. The highest BCUT2D eigenvalue weighted by Gasteiger charge is 2.28. The highest BCUT2D eigenvalue weighted by Crippen LogP contribution is 2.38. The van der Waals surface area contributed by atoms with Crippen LogP contribution in [0.15, 0.2) is 29.2 Å². The molecule has 0 saturated carbocycles. The molecule has 0 unspecified atom stereocenters. The van der Waals surface area contributed by atoms with Gasteiger partial charge in [0.05, 0.1) is 22.8 Å². The Morgan fingerprint density at radius 1 is 1.03 bits per heavy atom. The summed E-state index contributed by atoms with van der Waals surface area (Å²) in [5.41, 5.74) is 1.37. The van der Waals surface area contributed by atoms with E-state index in [0.717, 1.165) is 36.8 Å². The van der Waals surface area contributed by atoms with Crippen LogP contribution in [0.25, 0.3) is 0 Å². The molecule has 1 heterocycles. The van der Waals surface area contributed by atoms with Gasteiger partial charge in [-0.1, -0.05) is 0 Å². The summed E-state index contributed by atoms with van der Waals surface area (Å²) in [5, 5.41) is 4.70. The number of amides is 3. The number of alkyl carbamates (subject to hydrolysis) is 1. The van der Waals surface area contributed by atoms with Gasteiger partial charge in [0.1, 0.15) is 5.00 Å². The largest absolute Gasteiger partial charge is 0.453 e. The van der Waals surface area contributed by atoms with Crippen LogP contribution in [0.2, 0.25) is 0 Å². The predicted octanol–water partition coefficient (Wildman–Crippen LogP) is 3.56. The number of ether oxygens (including phenoxy) is 1. The monoisotopic (exact) mass is 464 g/mol. The Morgan fingerprint density at radius 2 is 1.68 bits per heavy atom. The van der Waals surface area contributed by atoms with Crippen molar-refractivity contribution in [3.63, 3.8) is 0 Å². The molecule has 31 heavy (non-hydrogen) atoms. The van der Waals surface area contributed by atoms with E-state index in [2.05, 4.69) is 15.4 Å². The molecule has 1 aliphatic carbocycles. The highest BCUT2D eigenvalue weighted by molar-refractivity contribution is 7.92. The van der Waals surface area contributed by atoms with Gasteiger partial charge in [-0.2, -0.15) is 0 Å². The molecule has 0 fully saturated rings. The Bertz CT molecular complexity index is 1120. The van der Waals surface area contributed by atoms with Crippen LogP contribution in [-0.4, -0.2) is 38.7 Å². The third-order valence-electron chi connectivity index (χ3n) is 5.09. The Balaban J connectivity index is 1.88. The van der Waals surface area contributed by atoms with E-state index in [4.69, 9.17) is 0 Å². The van der Waals surface area contributed by atoms with Crippen molar-refractivity contribution in [1.29, 1.82) is 0 Å². The second kappa shape index (κ2) is 9.19. The second-order valence-electron chi connectivity index (χ2n) is 7.43. The summed E-state index contributed by atoms with van der Waals surface area (Å²) < 4.78 is 29.0. The van der Waals surface area contributed by atoms with E-state index in [9.17, 15) is 22.8 Å². The second-order valence-corrected chi connectivity index (χ2v) is 11.0. The van der Waals surface area contributed by atoms with Crippen LogP contribution in [-0.2, 0) is 27.4 Å². The van der Waals surface area contributed by atoms with Crippen LogP contribution < -0.4 is 10.6 Å². The number of benzene rings is 1. The molecule has 1 aromatic heterocycles. The molecule has 166 valence electrons. The van der Waals surface area contributed by atoms with E-state index >= 15 is 0 Å². The summed E-state index contributed by atoms with van der Waals surface area (Å²) in [6.07, 6.45) is 2.52. The first-order valence-corrected chi connectivity index (χ1v) is 12.2. The number of hydrogen-bond acceptors (Lipinski definition) is 7. The molecule has 0 radical (unpaired) electrons. The molecule has 0 bridgehead atoms. The zero-order valence-electron chi connectivity index (χ0n) is 17.5. The van der Waals surface area contributed by atoms with Crippen molar-refractivity contribution >= 4 is 44.1 Å². The van der Waals surface area contributed by atoms with Gasteiger partial charge >= 0.3 is 6.09 Å². The Hall–Kier alpha value is -2.72. The summed E-state index contributed by atoms with van der Waals surface area (Å²) in [7, 11) is -2.27. The molecule has 1 aromatic carbocycles. The molecule has 0 saturated heterocycles. The molecule has 8 nitrogen and oxygen atoms in total. The molecule has 0 aliphatic heterocycles. The van der Waals surface area contributed by atoms with E-state index in [1.807, 2.05) is 0 Å². The number of hydrogen-bond donors (Lipinski definition) is 2. The quantitative estimate of drug-likeness (QED) is 0.698. The highest BCUT2D eigenvalue weighted by atomic mass is 32.2. The molecule has 3 amide bonds. The van der Waals surface area contributed by atoms with Crippen molar-refractivity contribution in [2.45, 2.75) is 49.7 Å². The number of carbonyl (C=O) groups excluding carboxylic acids is 3. The van der Waals surface area contributed by atoms with Gasteiger partial charge in [-0.3, -0.25) is 14.9 Å². The lowest BCUT2D eigenvalue weighted by atomic mass is 9.95. The number of fused-ring (bicyclic) bond motifs is 1. The van der Waals surface area contributed by atoms with Gasteiger partial charge < -0.3 is 10.1 Å². The van der Waals surface area contributed by atoms with Crippen molar-refractivity contribution in [3.8, 4) is 0 Å². The zero-order valence-corrected chi connectivity index (χ0v) is 19.1. The van der Waals surface area contributed by atoms with E-state index in [1.165, 1.54) is 35.6 Å². The first kappa shape index (κ1) is 23.0. The molecule has 0 atom stereocenters. The van der Waals surface area contributed by atoms with Gasteiger partial charge in [0.15, 0.2) is 9.84 Å². The zero-order chi connectivity index (χ0) is 22.8. The van der Waals surface area contributed by atoms with Crippen LogP contribution >= 0.6 is 11.3 Å². The predicted molar refractivity (Wildman–Crippen MR) is 118 cm³/mol. The van der Waals surface area contributed by atoms with Crippen molar-refractivity contribution in [1.82, 2.24) is 5.32 Å². The summed E-state index contributed by atoms with van der Waals surface area (Å²) in [6, 6.07) is 5.67. The number of aryl methyl sites for hydroxylation is 1. The summed E-state index contributed by atoms with van der Waals surface area (Å²) in [4.78, 5) is 38.1. The minimum atomic E-state index is -3.44. The third-order valence-corrected chi connectivity index (χ3v) is 8.47. The van der Waals surface area contributed by atoms with Crippen LogP contribution in [0.3, 0.4) is 0 Å². The number of methoxy groups -OCH3 is 1. The number of rotatable bonds is 5. The molecule has 2 aromatic rings. The maximum absolute atomic E-state index is 12.8. The normalized spacial score (nSPS) is 13.4. The maximum atomic E-state index is 12.8. The fourth-order valence-corrected chi connectivity index (χ4v) is 5.69. The molecular weight excluding hydrogens is 440 g/mol. The Kier molecular flexibility index (Phi) is 6.80. The van der Waals surface area contributed by atoms with Crippen LogP contribution in [0.1, 0.15) is 57.8 Å². The lowest BCUT2D eigenvalue weighted by Gasteiger charge is -2.12. The van der Waals surface area contributed by atoms with Gasteiger partial charge in [0, 0.05) is 10.4 Å². The van der Waals surface area contributed by atoms with Crippen LogP contribution in [0.4, 0.5) is 9.80 Å². The van der Waals surface area contributed by atoms with E-state index in [0.29, 0.717) is 11.4 Å². The molecule has 10 heteroatoms. The molecule has 1 aliphatic rings. The smallest absolute Gasteiger partial charge is 0.413 e. The molecule has 2 N–H and O–H groups in total. The van der Waals surface area contributed by atoms with Gasteiger partial charge in [-0.15, -0.1) is 11.3 Å². The van der Waals surface area contributed by atoms with Crippen LogP contribution in [0.5, 0.6) is 0 Å². The van der Waals surface area contributed by atoms with E-state index in [1.54, 1.807) is 13.8 Å². The fourth-order valence-electron chi connectivity index (χ4n) is 3.34. The number of carbonyl (C=O) groups is 3. The van der Waals surface area contributed by atoms with Gasteiger partial charge in [-0.25, -0.2) is 13.2 Å². The Morgan fingerprint density at radius 3 is 2.29 bits per heavy atom. The van der Waals surface area contributed by atoms with Gasteiger partial charge in [-0.05, 0) is 69.4 Å². The molecular formula is C21H24N2O6S2. The topological polar surface area (TPSA) is 119 Å². The lowest BCUT2D eigenvalue weighted by Crippen LogP contribution is -2.31. The molecule has 3 rings (SSSR count). The molecule has 0 spiro atoms. The summed E-state index contributed by atoms with van der Waals surface area (Å²) in [5.74, 6) is -1.10. The van der Waals surface area contributed by atoms with Crippen molar-refractivity contribution in [2.24, 2.45) is 0 Å². The first-order valence-electron chi connectivity index (χ1n) is 9.84. The van der Waals surface area contributed by atoms with E-state index in [-0.39, 0.29) is 16.0 Å². The maximum Gasteiger partial charge on any atom is 0.413 e. The number of nitrogens with one attached hydrogen (secondary N) is 2. The average Bonchev–Trinajstić information content (AvgIpc) is 3.11. The van der Waals surface area contributed by atoms with Crippen LogP contribution in [0, 0.1) is 0 Å². The van der Waals surface area contributed by atoms with Crippen molar-refractivity contribution < 1.29 is 27.5 Å². The summed E-state index contributed by atoms with van der Waals surface area (Å²) >= 11 is 1.32. The van der Waals surface area contributed by atoms with Crippen molar-refractivity contribution in [2.75, 3.05) is 12.4 Å². The Labute approximate surface area is 184 Å².